The molecular formula is C14H26. The predicted molar refractivity (Wildman–Crippen MR) is 64.3 cm³/mol. The summed E-state index contributed by atoms with van der Waals surface area (Å²) in [6.07, 6.45) is 5.43. The number of allylic oxidation sites excluding steroid dienone is 1. The molecule has 0 heterocycles. The first-order valence-electron chi connectivity index (χ1n) is 6.25. The van der Waals surface area contributed by atoms with Crippen LogP contribution in [0.15, 0.2) is 12.2 Å². The molecule has 0 aliphatic heterocycles. The summed E-state index contributed by atoms with van der Waals surface area (Å²) in [7, 11) is 0. The average Bonchev–Trinajstić information content (AvgIpc) is 2.20. The largest absolute Gasteiger partial charge is 0.0996 e. The standard InChI is InChI=1S/C14H26/c1-6-7-8-10(2)12(4)14-9-11(3)13(14)5/h10,12-14H,3,6-9H2,1-2,4-5H3. The van der Waals surface area contributed by atoms with Gasteiger partial charge in [0.1, 0.15) is 0 Å². The van der Waals surface area contributed by atoms with Crippen molar-refractivity contribution in [3.8, 4) is 0 Å². The van der Waals surface area contributed by atoms with Gasteiger partial charge in [0.2, 0.25) is 0 Å². The number of hydrogen-bond acceptors (Lipinski definition) is 0. The summed E-state index contributed by atoms with van der Waals surface area (Å²) in [6, 6.07) is 0. The van der Waals surface area contributed by atoms with Gasteiger partial charge in [-0.2, -0.15) is 0 Å². The molecular weight excluding hydrogens is 168 g/mol. The van der Waals surface area contributed by atoms with Crippen LogP contribution in [0.3, 0.4) is 0 Å². The van der Waals surface area contributed by atoms with E-state index in [0.717, 1.165) is 23.7 Å². The van der Waals surface area contributed by atoms with Crippen molar-refractivity contribution in [1.82, 2.24) is 0 Å². The van der Waals surface area contributed by atoms with Crippen LogP contribution < -0.4 is 0 Å². The quantitative estimate of drug-likeness (QED) is 0.558. The molecule has 0 radical (unpaired) electrons. The lowest BCUT2D eigenvalue weighted by molar-refractivity contribution is 0.149. The molecule has 0 heteroatoms. The van der Waals surface area contributed by atoms with Crippen molar-refractivity contribution in [2.24, 2.45) is 23.7 Å². The van der Waals surface area contributed by atoms with Crippen molar-refractivity contribution in [2.45, 2.75) is 53.4 Å². The van der Waals surface area contributed by atoms with E-state index < -0.39 is 0 Å². The normalized spacial score (nSPS) is 31.0. The molecule has 1 aliphatic rings. The summed E-state index contributed by atoms with van der Waals surface area (Å²) in [5.74, 6) is 3.50. The van der Waals surface area contributed by atoms with Gasteiger partial charge in [0, 0.05) is 0 Å². The van der Waals surface area contributed by atoms with E-state index >= 15 is 0 Å². The summed E-state index contributed by atoms with van der Waals surface area (Å²) >= 11 is 0. The maximum absolute atomic E-state index is 4.10. The number of unbranched alkanes of at least 4 members (excludes halogenated alkanes) is 1. The predicted octanol–water partition coefficient (Wildman–Crippen LogP) is 4.66. The summed E-state index contributed by atoms with van der Waals surface area (Å²) in [5, 5.41) is 0. The molecule has 0 spiro atoms. The van der Waals surface area contributed by atoms with Crippen LogP contribution in [0.1, 0.15) is 53.4 Å². The highest BCUT2D eigenvalue weighted by Gasteiger charge is 2.36. The van der Waals surface area contributed by atoms with E-state index in [1.807, 2.05) is 0 Å². The van der Waals surface area contributed by atoms with E-state index in [-0.39, 0.29) is 0 Å². The summed E-state index contributed by atoms with van der Waals surface area (Å²) in [4.78, 5) is 0. The van der Waals surface area contributed by atoms with Crippen molar-refractivity contribution in [1.29, 1.82) is 0 Å². The Balaban J connectivity index is 2.33. The van der Waals surface area contributed by atoms with Gasteiger partial charge in [-0.3, -0.25) is 0 Å². The van der Waals surface area contributed by atoms with E-state index in [1.165, 1.54) is 31.3 Å². The third-order valence-electron chi connectivity index (χ3n) is 4.37. The van der Waals surface area contributed by atoms with E-state index in [4.69, 9.17) is 0 Å². The zero-order valence-corrected chi connectivity index (χ0v) is 10.3. The minimum atomic E-state index is 0.786. The molecule has 4 atom stereocenters. The first kappa shape index (κ1) is 11.8. The van der Waals surface area contributed by atoms with Crippen LogP contribution in [-0.4, -0.2) is 0 Å². The summed E-state index contributed by atoms with van der Waals surface area (Å²) in [6.45, 7) is 13.6. The van der Waals surface area contributed by atoms with Gasteiger partial charge in [-0.25, -0.2) is 0 Å². The molecule has 0 nitrogen and oxygen atoms in total. The van der Waals surface area contributed by atoms with E-state index in [0.29, 0.717) is 0 Å². The first-order valence-corrected chi connectivity index (χ1v) is 6.25. The second kappa shape index (κ2) is 5.00. The topological polar surface area (TPSA) is 0 Å². The summed E-state index contributed by atoms with van der Waals surface area (Å²) in [5.41, 5.74) is 1.48. The molecule has 0 aromatic heterocycles. The van der Waals surface area contributed by atoms with E-state index in [9.17, 15) is 0 Å². The minimum Gasteiger partial charge on any atom is -0.0996 e. The third kappa shape index (κ3) is 2.40. The minimum absolute atomic E-state index is 0.786. The SMILES string of the molecule is C=C1CC(C(C)C(C)CCCC)C1C. The molecule has 14 heavy (non-hydrogen) atoms. The van der Waals surface area contributed by atoms with Gasteiger partial charge >= 0.3 is 0 Å². The van der Waals surface area contributed by atoms with Crippen molar-refractivity contribution < 1.29 is 0 Å². The zero-order valence-electron chi connectivity index (χ0n) is 10.3. The molecule has 82 valence electrons. The molecule has 1 fully saturated rings. The van der Waals surface area contributed by atoms with Crippen LogP contribution in [-0.2, 0) is 0 Å². The van der Waals surface area contributed by atoms with Gasteiger partial charge in [0.15, 0.2) is 0 Å². The number of hydrogen-bond donors (Lipinski definition) is 0. The van der Waals surface area contributed by atoms with Crippen LogP contribution in [0.5, 0.6) is 0 Å². The van der Waals surface area contributed by atoms with Gasteiger partial charge in [-0.05, 0) is 30.1 Å². The van der Waals surface area contributed by atoms with E-state index in [2.05, 4.69) is 34.3 Å². The highest BCUT2D eigenvalue weighted by Crippen LogP contribution is 2.45. The van der Waals surface area contributed by atoms with Gasteiger partial charge in [-0.1, -0.05) is 59.1 Å². The Hall–Kier alpha value is -0.260. The van der Waals surface area contributed by atoms with Gasteiger partial charge in [0.25, 0.3) is 0 Å². The molecule has 0 aromatic carbocycles. The molecule has 0 N–H and O–H groups in total. The van der Waals surface area contributed by atoms with Crippen LogP contribution >= 0.6 is 0 Å². The molecule has 0 aromatic rings. The fraction of sp³-hybridized carbons (Fsp3) is 0.857. The second-order valence-corrected chi connectivity index (χ2v) is 5.29. The first-order chi connectivity index (χ1) is 6.57. The monoisotopic (exact) mass is 194 g/mol. The third-order valence-corrected chi connectivity index (χ3v) is 4.37. The smallest absolute Gasteiger partial charge is 0.0200 e. The van der Waals surface area contributed by atoms with Gasteiger partial charge in [0.05, 0.1) is 0 Å². The average molecular weight is 194 g/mol. The second-order valence-electron chi connectivity index (χ2n) is 5.29. The Morgan fingerprint density at radius 2 is 2.07 bits per heavy atom. The van der Waals surface area contributed by atoms with Crippen LogP contribution in [0.25, 0.3) is 0 Å². The number of rotatable bonds is 5. The molecule has 1 aliphatic carbocycles. The van der Waals surface area contributed by atoms with Crippen LogP contribution in [0, 0.1) is 23.7 Å². The highest BCUT2D eigenvalue weighted by molar-refractivity contribution is 5.14. The van der Waals surface area contributed by atoms with Crippen LogP contribution in [0.2, 0.25) is 0 Å². The molecule has 0 bridgehead atoms. The fourth-order valence-electron chi connectivity index (χ4n) is 2.66. The van der Waals surface area contributed by atoms with Gasteiger partial charge in [-0.15, -0.1) is 0 Å². The highest BCUT2D eigenvalue weighted by atomic mass is 14.4. The molecule has 1 saturated carbocycles. The fourth-order valence-corrected chi connectivity index (χ4v) is 2.66. The van der Waals surface area contributed by atoms with Crippen molar-refractivity contribution in [3.05, 3.63) is 12.2 Å². The Kier molecular flexibility index (Phi) is 4.22. The maximum atomic E-state index is 4.10. The van der Waals surface area contributed by atoms with Crippen molar-refractivity contribution in [3.63, 3.8) is 0 Å². The Labute approximate surface area is 89.8 Å². The summed E-state index contributed by atoms with van der Waals surface area (Å²) < 4.78 is 0. The molecule has 0 saturated heterocycles. The van der Waals surface area contributed by atoms with Crippen molar-refractivity contribution in [2.75, 3.05) is 0 Å². The Morgan fingerprint density at radius 3 is 2.50 bits per heavy atom. The zero-order chi connectivity index (χ0) is 10.7. The van der Waals surface area contributed by atoms with Crippen LogP contribution in [0.4, 0.5) is 0 Å². The Morgan fingerprint density at radius 1 is 1.43 bits per heavy atom. The maximum Gasteiger partial charge on any atom is -0.0200 e. The molecule has 1 rings (SSSR count). The Bertz CT molecular complexity index is 192. The van der Waals surface area contributed by atoms with Gasteiger partial charge < -0.3 is 0 Å². The molecule has 4 unspecified atom stereocenters. The van der Waals surface area contributed by atoms with E-state index in [1.54, 1.807) is 0 Å². The lowest BCUT2D eigenvalue weighted by Gasteiger charge is -2.43. The van der Waals surface area contributed by atoms with Crippen molar-refractivity contribution >= 4 is 0 Å². The molecule has 0 amide bonds. The lowest BCUT2D eigenvalue weighted by Crippen LogP contribution is -2.34. The lowest BCUT2D eigenvalue weighted by atomic mass is 9.62.